The second kappa shape index (κ2) is 5.50. The van der Waals surface area contributed by atoms with Crippen LogP contribution in [0.1, 0.15) is 31.9 Å². The molecular formula is C15H17NO2. The first-order valence-corrected chi connectivity index (χ1v) is 5.69. The standard InChI is InChI=1S/C15H17NO2/c1-15(2,3)13-7-5-11(6-8-13)9-12(10-16)14(17)18-4/h5-9H,1-4H3/b12-9-. The quantitative estimate of drug-likeness (QED) is 0.455. The number of methoxy groups -OCH3 is 1. The van der Waals surface area contributed by atoms with E-state index in [0.29, 0.717) is 0 Å². The van der Waals surface area contributed by atoms with E-state index in [1.165, 1.54) is 18.7 Å². The van der Waals surface area contributed by atoms with Gasteiger partial charge in [0.15, 0.2) is 0 Å². The van der Waals surface area contributed by atoms with Crippen LogP contribution in [0.2, 0.25) is 0 Å². The maximum atomic E-state index is 11.3. The topological polar surface area (TPSA) is 50.1 Å². The van der Waals surface area contributed by atoms with E-state index in [9.17, 15) is 4.79 Å². The monoisotopic (exact) mass is 243 g/mol. The highest BCUT2D eigenvalue weighted by atomic mass is 16.5. The van der Waals surface area contributed by atoms with E-state index in [4.69, 9.17) is 5.26 Å². The van der Waals surface area contributed by atoms with Crippen molar-refractivity contribution in [2.75, 3.05) is 7.11 Å². The zero-order valence-corrected chi connectivity index (χ0v) is 11.2. The van der Waals surface area contributed by atoms with Gasteiger partial charge in [0.1, 0.15) is 11.6 Å². The van der Waals surface area contributed by atoms with Crippen LogP contribution in [0.4, 0.5) is 0 Å². The first-order chi connectivity index (χ1) is 8.38. The summed E-state index contributed by atoms with van der Waals surface area (Å²) in [5.41, 5.74) is 2.10. The van der Waals surface area contributed by atoms with Crippen molar-refractivity contribution in [2.45, 2.75) is 26.2 Å². The molecule has 1 aromatic rings. The normalized spacial score (nSPS) is 11.8. The van der Waals surface area contributed by atoms with Crippen molar-refractivity contribution < 1.29 is 9.53 Å². The number of carbonyl (C=O) groups is 1. The molecule has 0 saturated carbocycles. The van der Waals surface area contributed by atoms with Gasteiger partial charge in [0.25, 0.3) is 0 Å². The molecule has 0 aliphatic carbocycles. The number of ether oxygens (including phenoxy) is 1. The van der Waals surface area contributed by atoms with Gasteiger partial charge in [0.05, 0.1) is 7.11 Å². The molecule has 94 valence electrons. The lowest BCUT2D eigenvalue weighted by Gasteiger charge is -2.18. The summed E-state index contributed by atoms with van der Waals surface area (Å²) in [7, 11) is 1.26. The molecule has 0 heterocycles. The van der Waals surface area contributed by atoms with E-state index in [1.54, 1.807) is 0 Å². The van der Waals surface area contributed by atoms with Gasteiger partial charge in [-0.1, -0.05) is 45.0 Å². The molecule has 0 fully saturated rings. The molecular weight excluding hydrogens is 226 g/mol. The van der Waals surface area contributed by atoms with Crippen LogP contribution in [-0.4, -0.2) is 13.1 Å². The molecule has 0 spiro atoms. The lowest BCUT2D eigenvalue weighted by atomic mass is 9.86. The van der Waals surface area contributed by atoms with Crippen LogP contribution >= 0.6 is 0 Å². The molecule has 3 heteroatoms. The average Bonchev–Trinajstić information content (AvgIpc) is 2.34. The third-order valence-corrected chi connectivity index (χ3v) is 2.61. The lowest BCUT2D eigenvalue weighted by molar-refractivity contribution is -0.135. The molecule has 0 aromatic heterocycles. The van der Waals surface area contributed by atoms with Crippen molar-refractivity contribution in [3.8, 4) is 6.07 Å². The van der Waals surface area contributed by atoms with Crippen LogP contribution in [0.25, 0.3) is 6.08 Å². The Bertz CT molecular complexity index is 499. The minimum atomic E-state index is -0.614. The Morgan fingerprint density at radius 3 is 2.22 bits per heavy atom. The van der Waals surface area contributed by atoms with Crippen LogP contribution in [0.15, 0.2) is 29.8 Å². The highest BCUT2D eigenvalue weighted by Crippen LogP contribution is 2.22. The summed E-state index contributed by atoms with van der Waals surface area (Å²) < 4.78 is 4.52. The molecule has 1 rings (SSSR count). The van der Waals surface area contributed by atoms with Gasteiger partial charge in [-0.3, -0.25) is 0 Å². The first kappa shape index (κ1) is 14.0. The predicted molar refractivity (Wildman–Crippen MR) is 70.7 cm³/mol. The van der Waals surface area contributed by atoms with E-state index in [0.717, 1.165) is 5.56 Å². The van der Waals surface area contributed by atoms with Gasteiger partial charge in [-0.05, 0) is 22.6 Å². The summed E-state index contributed by atoms with van der Waals surface area (Å²) in [6, 6.07) is 9.61. The molecule has 18 heavy (non-hydrogen) atoms. The van der Waals surface area contributed by atoms with Gasteiger partial charge >= 0.3 is 5.97 Å². The Kier molecular flexibility index (Phi) is 4.28. The maximum Gasteiger partial charge on any atom is 0.348 e. The molecule has 0 aliphatic heterocycles. The first-order valence-electron chi connectivity index (χ1n) is 5.69. The lowest BCUT2D eigenvalue weighted by Crippen LogP contribution is -2.10. The summed E-state index contributed by atoms with van der Waals surface area (Å²) >= 11 is 0. The van der Waals surface area contributed by atoms with Crippen molar-refractivity contribution in [3.05, 3.63) is 41.0 Å². The van der Waals surface area contributed by atoms with E-state index in [-0.39, 0.29) is 11.0 Å². The number of rotatable bonds is 2. The number of nitrogens with zero attached hydrogens (tertiary/aromatic N) is 1. The number of hydrogen-bond acceptors (Lipinski definition) is 3. The van der Waals surface area contributed by atoms with Gasteiger partial charge in [-0.15, -0.1) is 0 Å². The Balaban J connectivity index is 3.03. The minimum Gasteiger partial charge on any atom is -0.465 e. The number of esters is 1. The smallest absolute Gasteiger partial charge is 0.348 e. The second-order valence-electron chi connectivity index (χ2n) is 5.03. The Morgan fingerprint density at radius 1 is 1.28 bits per heavy atom. The molecule has 0 bridgehead atoms. The summed E-state index contributed by atoms with van der Waals surface area (Å²) in [4.78, 5) is 11.3. The molecule has 0 aliphatic rings. The minimum absolute atomic E-state index is 0.000934. The molecule has 1 aromatic carbocycles. The van der Waals surface area contributed by atoms with Gasteiger partial charge in [-0.25, -0.2) is 4.79 Å². The van der Waals surface area contributed by atoms with Crippen LogP contribution in [-0.2, 0) is 14.9 Å². The largest absolute Gasteiger partial charge is 0.465 e. The summed E-state index contributed by atoms with van der Waals surface area (Å²) in [6.07, 6.45) is 1.53. The summed E-state index contributed by atoms with van der Waals surface area (Å²) in [5.74, 6) is -0.614. The van der Waals surface area contributed by atoms with Gasteiger partial charge in [-0.2, -0.15) is 5.26 Å². The molecule has 0 saturated heterocycles. The van der Waals surface area contributed by atoms with E-state index < -0.39 is 5.97 Å². The average molecular weight is 243 g/mol. The molecule has 0 atom stereocenters. The second-order valence-corrected chi connectivity index (χ2v) is 5.03. The van der Waals surface area contributed by atoms with Crippen LogP contribution in [0, 0.1) is 11.3 Å². The van der Waals surface area contributed by atoms with Crippen molar-refractivity contribution in [2.24, 2.45) is 0 Å². The zero-order chi connectivity index (χ0) is 13.8. The molecule has 3 nitrogen and oxygen atoms in total. The fourth-order valence-electron chi connectivity index (χ4n) is 1.49. The summed E-state index contributed by atoms with van der Waals surface area (Å²) in [5, 5.41) is 8.85. The zero-order valence-electron chi connectivity index (χ0n) is 11.2. The highest BCUT2D eigenvalue weighted by molar-refractivity contribution is 5.97. The van der Waals surface area contributed by atoms with Crippen molar-refractivity contribution in [3.63, 3.8) is 0 Å². The highest BCUT2D eigenvalue weighted by Gasteiger charge is 2.13. The molecule has 0 N–H and O–H groups in total. The Morgan fingerprint density at radius 2 is 1.83 bits per heavy atom. The van der Waals surface area contributed by atoms with E-state index in [1.807, 2.05) is 30.3 Å². The van der Waals surface area contributed by atoms with Crippen molar-refractivity contribution in [1.82, 2.24) is 0 Å². The van der Waals surface area contributed by atoms with Gasteiger partial charge < -0.3 is 4.74 Å². The Hall–Kier alpha value is -2.08. The number of nitriles is 1. The third-order valence-electron chi connectivity index (χ3n) is 2.61. The summed E-state index contributed by atoms with van der Waals surface area (Å²) in [6.45, 7) is 6.40. The Labute approximate surface area is 108 Å². The van der Waals surface area contributed by atoms with E-state index >= 15 is 0 Å². The number of hydrogen-bond donors (Lipinski definition) is 0. The number of benzene rings is 1. The third kappa shape index (κ3) is 3.46. The molecule has 0 amide bonds. The van der Waals surface area contributed by atoms with Crippen LogP contribution in [0.5, 0.6) is 0 Å². The van der Waals surface area contributed by atoms with Crippen molar-refractivity contribution >= 4 is 12.0 Å². The fraction of sp³-hybridized carbons (Fsp3) is 0.333. The van der Waals surface area contributed by atoms with Crippen LogP contribution in [0.3, 0.4) is 0 Å². The van der Waals surface area contributed by atoms with Crippen LogP contribution < -0.4 is 0 Å². The number of carbonyl (C=O) groups excluding carboxylic acids is 1. The SMILES string of the molecule is COC(=O)/C(C#N)=C\c1ccc(C(C)(C)C)cc1. The maximum absolute atomic E-state index is 11.3. The van der Waals surface area contributed by atoms with Gasteiger partial charge in [0, 0.05) is 0 Å². The molecule has 0 radical (unpaired) electrons. The molecule has 0 unspecified atom stereocenters. The van der Waals surface area contributed by atoms with Crippen molar-refractivity contribution in [1.29, 1.82) is 5.26 Å². The van der Waals surface area contributed by atoms with Gasteiger partial charge in [0.2, 0.25) is 0 Å². The fourth-order valence-corrected chi connectivity index (χ4v) is 1.49. The van der Waals surface area contributed by atoms with E-state index in [2.05, 4.69) is 25.5 Å². The predicted octanol–water partition coefficient (Wildman–Crippen LogP) is 3.06.